The molecule has 3 heterocycles. The van der Waals surface area contributed by atoms with Crippen LogP contribution in [0.1, 0.15) is 70.8 Å². The molecule has 2 aliphatic heterocycles. The van der Waals surface area contributed by atoms with Gasteiger partial charge in [0.1, 0.15) is 0 Å². The minimum atomic E-state index is -0.750. The Bertz CT molecular complexity index is 1170. The SMILES string of the molecule is CC(C)(C)c1nnc(Nc2ccc(-c3ccc(C45CCC(CCC(=O)O)(CC4)O5)cc3)cc2)o1. The summed E-state index contributed by atoms with van der Waals surface area (Å²) in [7, 11) is 0. The molecule has 5 rings (SSSR count). The first-order valence-electron chi connectivity index (χ1n) is 11.9. The second kappa shape index (κ2) is 8.24. The third-order valence-electron chi connectivity index (χ3n) is 7.12. The minimum Gasteiger partial charge on any atom is -0.481 e. The van der Waals surface area contributed by atoms with Crippen molar-refractivity contribution >= 4 is 17.7 Å². The van der Waals surface area contributed by atoms with Crippen LogP contribution in [-0.2, 0) is 20.5 Å². The first-order chi connectivity index (χ1) is 16.2. The Balaban J connectivity index is 1.25. The van der Waals surface area contributed by atoms with E-state index in [1.807, 2.05) is 32.9 Å². The normalized spacial score (nSPS) is 23.9. The van der Waals surface area contributed by atoms with Crippen molar-refractivity contribution in [2.24, 2.45) is 0 Å². The zero-order valence-electron chi connectivity index (χ0n) is 19.9. The van der Waals surface area contributed by atoms with Crippen LogP contribution in [0.2, 0.25) is 0 Å². The van der Waals surface area contributed by atoms with Gasteiger partial charge in [-0.25, -0.2) is 0 Å². The Kier molecular flexibility index (Phi) is 5.47. The Hall–Kier alpha value is -3.19. The van der Waals surface area contributed by atoms with E-state index < -0.39 is 5.97 Å². The monoisotopic (exact) mass is 461 g/mol. The van der Waals surface area contributed by atoms with Gasteiger partial charge in [-0.1, -0.05) is 62.3 Å². The number of carbonyl (C=O) groups is 1. The van der Waals surface area contributed by atoms with Crippen LogP contribution in [0.15, 0.2) is 52.9 Å². The average molecular weight is 462 g/mol. The van der Waals surface area contributed by atoms with Gasteiger partial charge in [-0.15, -0.1) is 5.10 Å². The summed E-state index contributed by atoms with van der Waals surface area (Å²) in [6.07, 6.45) is 4.56. The first-order valence-corrected chi connectivity index (χ1v) is 11.9. The summed E-state index contributed by atoms with van der Waals surface area (Å²) < 4.78 is 12.2. The molecule has 2 aliphatic rings. The number of carboxylic acids is 1. The van der Waals surface area contributed by atoms with E-state index >= 15 is 0 Å². The lowest BCUT2D eigenvalue weighted by Crippen LogP contribution is -2.25. The quantitative estimate of drug-likeness (QED) is 0.433. The molecule has 2 bridgehead atoms. The molecule has 2 aromatic carbocycles. The van der Waals surface area contributed by atoms with Crippen LogP contribution >= 0.6 is 0 Å². The van der Waals surface area contributed by atoms with Crippen LogP contribution < -0.4 is 5.32 Å². The summed E-state index contributed by atoms with van der Waals surface area (Å²) in [5, 5.41) is 20.4. The van der Waals surface area contributed by atoms with E-state index in [1.54, 1.807) is 0 Å². The fourth-order valence-corrected chi connectivity index (χ4v) is 5.12. The molecule has 0 saturated carbocycles. The van der Waals surface area contributed by atoms with E-state index in [9.17, 15) is 4.79 Å². The number of rotatable bonds is 7. The molecule has 1 aromatic heterocycles. The van der Waals surface area contributed by atoms with Gasteiger partial charge < -0.3 is 19.6 Å². The highest BCUT2D eigenvalue weighted by molar-refractivity contribution is 5.68. The summed E-state index contributed by atoms with van der Waals surface area (Å²) in [4.78, 5) is 11.0. The molecule has 2 saturated heterocycles. The zero-order valence-corrected chi connectivity index (χ0v) is 19.9. The first kappa shape index (κ1) is 22.6. The number of nitrogens with one attached hydrogen (secondary N) is 1. The van der Waals surface area contributed by atoms with Crippen LogP contribution in [-0.4, -0.2) is 26.9 Å². The standard InChI is InChI=1S/C27H31N3O4/c1-25(2,3)23-29-30-24(33-23)28-21-10-6-19(7-11-21)18-4-8-20(9-5-18)27-16-14-26(34-27,15-17-27)13-12-22(31)32/h4-11H,12-17H2,1-3H3,(H,28,30)(H,31,32). The molecular formula is C27H31N3O4. The van der Waals surface area contributed by atoms with Crippen LogP contribution in [0.25, 0.3) is 11.1 Å². The van der Waals surface area contributed by atoms with Crippen molar-refractivity contribution < 1.29 is 19.1 Å². The number of aliphatic carboxylic acids is 1. The summed E-state index contributed by atoms with van der Waals surface area (Å²) in [6, 6.07) is 17.1. The molecule has 2 N–H and O–H groups in total. The Morgan fingerprint density at radius 1 is 0.971 bits per heavy atom. The second-order valence-electron chi connectivity index (χ2n) is 10.6. The van der Waals surface area contributed by atoms with Gasteiger partial charge in [0.15, 0.2) is 0 Å². The van der Waals surface area contributed by atoms with Gasteiger partial charge in [0.25, 0.3) is 0 Å². The van der Waals surface area contributed by atoms with Gasteiger partial charge in [-0.2, -0.15) is 0 Å². The molecule has 2 fully saturated rings. The van der Waals surface area contributed by atoms with Crippen molar-refractivity contribution in [2.75, 3.05) is 5.32 Å². The van der Waals surface area contributed by atoms with Crippen LogP contribution in [0, 0.1) is 0 Å². The fourth-order valence-electron chi connectivity index (χ4n) is 5.12. The number of hydrogen-bond donors (Lipinski definition) is 2. The molecule has 178 valence electrons. The summed E-state index contributed by atoms with van der Waals surface area (Å²) in [6.45, 7) is 6.10. The molecule has 3 aromatic rings. The highest BCUT2D eigenvalue weighted by Crippen LogP contribution is 2.57. The number of nitrogens with zero attached hydrogens (tertiary/aromatic N) is 2. The summed E-state index contributed by atoms with van der Waals surface area (Å²) in [5.41, 5.74) is 3.61. The molecule has 0 unspecified atom stereocenters. The van der Waals surface area contributed by atoms with E-state index in [-0.39, 0.29) is 23.0 Å². The maximum Gasteiger partial charge on any atom is 0.320 e. The van der Waals surface area contributed by atoms with Gasteiger partial charge in [0, 0.05) is 17.5 Å². The van der Waals surface area contributed by atoms with E-state index in [2.05, 4.69) is 51.9 Å². The van der Waals surface area contributed by atoms with Gasteiger partial charge >= 0.3 is 12.0 Å². The highest BCUT2D eigenvalue weighted by Gasteiger charge is 2.55. The number of carboxylic acid groups (broad SMARTS) is 1. The lowest BCUT2D eigenvalue weighted by Gasteiger charge is -2.25. The molecule has 0 aliphatic carbocycles. The van der Waals surface area contributed by atoms with Gasteiger partial charge in [-0.05, 0) is 60.9 Å². The van der Waals surface area contributed by atoms with Crippen molar-refractivity contribution in [3.63, 3.8) is 0 Å². The summed E-state index contributed by atoms with van der Waals surface area (Å²) in [5.74, 6) is -0.154. The molecule has 0 spiro atoms. The molecule has 0 amide bonds. The van der Waals surface area contributed by atoms with Crippen molar-refractivity contribution in [1.82, 2.24) is 10.2 Å². The third kappa shape index (κ3) is 4.32. The maximum absolute atomic E-state index is 11.0. The predicted molar refractivity (Wildman–Crippen MR) is 129 cm³/mol. The van der Waals surface area contributed by atoms with Crippen LogP contribution in [0.5, 0.6) is 0 Å². The van der Waals surface area contributed by atoms with Crippen molar-refractivity contribution in [3.8, 4) is 11.1 Å². The fraction of sp³-hybridized carbons (Fsp3) is 0.444. The Labute approximate surface area is 199 Å². The largest absolute Gasteiger partial charge is 0.481 e. The van der Waals surface area contributed by atoms with Gasteiger partial charge in [-0.3, -0.25) is 4.79 Å². The smallest absolute Gasteiger partial charge is 0.320 e. The van der Waals surface area contributed by atoms with Crippen LogP contribution in [0.4, 0.5) is 11.7 Å². The van der Waals surface area contributed by atoms with Crippen molar-refractivity contribution in [2.45, 2.75) is 75.9 Å². The average Bonchev–Trinajstić information content (AvgIpc) is 3.53. The lowest BCUT2D eigenvalue weighted by atomic mass is 9.77. The van der Waals surface area contributed by atoms with Gasteiger partial charge in [0.05, 0.1) is 11.2 Å². The van der Waals surface area contributed by atoms with Crippen molar-refractivity contribution in [3.05, 3.63) is 60.0 Å². The van der Waals surface area contributed by atoms with E-state index in [4.69, 9.17) is 14.3 Å². The molecular weight excluding hydrogens is 430 g/mol. The van der Waals surface area contributed by atoms with Gasteiger partial charge in [0.2, 0.25) is 5.89 Å². The molecule has 0 radical (unpaired) electrons. The lowest BCUT2D eigenvalue weighted by molar-refractivity contribution is -0.139. The third-order valence-corrected chi connectivity index (χ3v) is 7.12. The number of hydrogen-bond acceptors (Lipinski definition) is 6. The molecule has 34 heavy (non-hydrogen) atoms. The maximum atomic E-state index is 11.0. The van der Waals surface area contributed by atoms with Crippen molar-refractivity contribution in [1.29, 1.82) is 0 Å². The number of anilines is 2. The minimum absolute atomic E-state index is 0.171. The number of benzene rings is 2. The number of ether oxygens (including phenoxy) is 1. The molecule has 7 nitrogen and oxygen atoms in total. The zero-order chi connectivity index (χ0) is 24.0. The Morgan fingerprint density at radius 3 is 2.15 bits per heavy atom. The van der Waals surface area contributed by atoms with Crippen LogP contribution in [0.3, 0.4) is 0 Å². The van der Waals surface area contributed by atoms with E-state index in [0.717, 1.165) is 42.5 Å². The number of aromatic nitrogens is 2. The second-order valence-corrected chi connectivity index (χ2v) is 10.6. The summed E-state index contributed by atoms with van der Waals surface area (Å²) >= 11 is 0. The highest BCUT2D eigenvalue weighted by atomic mass is 16.5. The Morgan fingerprint density at radius 2 is 1.59 bits per heavy atom. The topological polar surface area (TPSA) is 97.5 Å². The number of fused-ring (bicyclic) bond motifs is 2. The predicted octanol–water partition coefficient (Wildman–Crippen LogP) is 6.18. The van der Waals surface area contributed by atoms with E-state index in [1.165, 1.54) is 5.56 Å². The molecule has 0 atom stereocenters. The van der Waals surface area contributed by atoms with E-state index in [0.29, 0.717) is 18.3 Å². The molecule has 7 heteroatoms.